The van der Waals surface area contributed by atoms with Gasteiger partial charge in [0.05, 0.1) is 12.7 Å². The van der Waals surface area contributed by atoms with Gasteiger partial charge in [-0.2, -0.15) is 0 Å². The first kappa shape index (κ1) is 20.1. The lowest BCUT2D eigenvalue weighted by atomic mass is 9.92. The number of furan rings is 1. The number of hydrogen-bond acceptors (Lipinski definition) is 6. The molecule has 2 aromatic rings. The van der Waals surface area contributed by atoms with Crippen molar-refractivity contribution in [2.75, 3.05) is 19.0 Å². The van der Waals surface area contributed by atoms with E-state index in [1.165, 1.54) is 13.2 Å². The maximum absolute atomic E-state index is 12.9. The van der Waals surface area contributed by atoms with Crippen LogP contribution >= 0.6 is 0 Å². The van der Waals surface area contributed by atoms with E-state index in [2.05, 4.69) is 15.4 Å². The van der Waals surface area contributed by atoms with Gasteiger partial charge in [-0.05, 0) is 45.0 Å². The quantitative estimate of drug-likeness (QED) is 0.587. The highest BCUT2D eigenvalue weighted by Gasteiger charge is 2.51. The van der Waals surface area contributed by atoms with Crippen molar-refractivity contribution in [3.63, 3.8) is 0 Å². The zero-order valence-corrected chi connectivity index (χ0v) is 16.5. The molecule has 152 valence electrons. The number of rotatable bonds is 5. The molecular weight excluding hydrogens is 378 g/mol. The number of hydrogen-bond donors (Lipinski definition) is 2. The number of esters is 1. The molecule has 1 unspecified atom stereocenters. The smallest absolute Gasteiger partial charge is 0.337 e. The molecule has 1 aliphatic rings. The third-order valence-corrected chi connectivity index (χ3v) is 4.72. The van der Waals surface area contributed by atoms with Crippen molar-refractivity contribution in [3.8, 4) is 0 Å². The molecule has 4 amide bonds. The Morgan fingerprint density at radius 1 is 1.24 bits per heavy atom. The number of urea groups is 1. The van der Waals surface area contributed by atoms with Gasteiger partial charge >= 0.3 is 12.0 Å². The van der Waals surface area contributed by atoms with E-state index in [9.17, 15) is 19.2 Å². The fraction of sp³-hybridized carbons (Fsp3) is 0.300. The van der Waals surface area contributed by atoms with E-state index in [0.717, 1.165) is 4.90 Å². The second-order valence-electron chi connectivity index (χ2n) is 6.89. The van der Waals surface area contributed by atoms with Crippen LogP contribution < -0.4 is 10.6 Å². The van der Waals surface area contributed by atoms with Gasteiger partial charge in [0, 0.05) is 11.3 Å². The van der Waals surface area contributed by atoms with Crippen LogP contribution in [-0.4, -0.2) is 42.4 Å². The summed E-state index contributed by atoms with van der Waals surface area (Å²) >= 11 is 0. The molecule has 2 N–H and O–H groups in total. The Morgan fingerprint density at radius 2 is 1.97 bits per heavy atom. The number of imide groups is 1. The summed E-state index contributed by atoms with van der Waals surface area (Å²) in [5.41, 5.74) is -0.168. The molecule has 1 saturated heterocycles. The predicted molar refractivity (Wildman–Crippen MR) is 102 cm³/mol. The number of carbonyl (C=O) groups is 4. The van der Waals surface area contributed by atoms with Gasteiger partial charge in [-0.3, -0.25) is 14.5 Å². The molecule has 9 nitrogen and oxygen atoms in total. The molecule has 0 aliphatic carbocycles. The Balaban J connectivity index is 1.74. The van der Waals surface area contributed by atoms with E-state index < -0.39 is 35.9 Å². The fourth-order valence-corrected chi connectivity index (χ4v) is 3.34. The standard InChI is InChI=1S/C20H21N3O6/c1-11-8-15(12(2)29-11)20(3)18(26)23(19(27)22-20)10-16(24)21-14-7-5-6-13(9-14)17(25)28-4/h5-9H,10H2,1-4H3,(H,21,24)(H,22,27). The number of aryl methyl sites for hydroxylation is 2. The Kier molecular flexibility index (Phi) is 5.15. The highest BCUT2D eigenvalue weighted by Crippen LogP contribution is 2.32. The lowest BCUT2D eigenvalue weighted by molar-refractivity contribution is -0.133. The van der Waals surface area contributed by atoms with Crippen molar-refractivity contribution in [3.05, 3.63) is 53.0 Å². The molecule has 0 bridgehead atoms. The number of ether oxygens (including phenoxy) is 1. The third kappa shape index (κ3) is 3.71. The number of nitrogens with zero attached hydrogens (tertiary/aromatic N) is 1. The molecule has 0 spiro atoms. The summed E-state index contributed by atoms with van der Waals surface area (Å²) in [4.78, 5) is 50.2. The van der Waals surface area contributed by atoms with Crippen molar-refractivity contribution in [1.82, 2.24) is 10.2 Å². The first-order valence-electron chi connectivity index (χ1n) is 8.85. The maximum atomic E-state index is 12.9. The van der Waals surface area contributed by atoms with Crippen LogP contribution in [0.15, 0.2) is 34.7 Å². The van der Waals surface area contributed by atoms with Crippen molar-refractivity contribution < 1.29 is 28.3 Å². The van der Waals surface area contributed by atoms with Crippen LogP contribution in [0.25, 0.3) is 0 Å². The molecule has 3 rings (SSSR count). The molecule has 29 heavy (non-hydrogen) atoms. The van der Waals surface area contributed by atoms with E-state index in [-0.39, 0.29) is 5.56 Å². The summed E-state index contributed by atoms with van der Waals surface area (Å²) in [6, 6.07) is 7.16. The second-order valence-corrected chi connectivity index (χ2v) is 6.89. The van der Waals surface area contributed by atoms with Crippen LogP contribution in [0.4, 0.5) is 10.5 Å². The van der Waals surface area contributed by atoms with Crippen LogP contribution in [0, 0.1) is 13.8 Å². The minimum absolute atomic E-state index is 0.263. The highest BCUT2D eigenvalue weighted by atomic mass is 16.5. The number of carbonyl (C=O) groups excluding carboxylic acids is 4. The van der Waals surface area contributed by atoms with Gasteiger partial charge in [0.2, 0.25) is 5.91 Å². The van der Waals surface area contributed by atoms with Crippen LogP contribution in [0.3, 0.4) is 0 Å². The van der Waals surface area contributed by atoms with Gasteiger partial charge in [0.25, 0.3) is 5.91 Å². The fourth-order valence-electron chi connectivity index (χ4n) is 3.34. The highest BCUT2D eigenvalue weighted by molar-refractivity contribution is 6.10. The van der Waals surface area contributed by atoms with Gasteiger partial charge in [0.1, 0.15) is 23.6 Å². The first-order valence-corrected chi connectivity index (χ1v) is 8.85. The van der Waals surface area contributed by atoms with Crippen molar-refractivity contribution in [1.29, 1.82) is 0 Å². The lowest BCUT2D eigenvalue weighted by Gasteiger charge is -2.21. The molecule has 1 aromatic carbocycles. The predicted octanol–water partition coefficient (Wildman–Crippen LogP) is 2.09. The van der Waals surface area contributed by atoms with E-state index >= 15 is 0 Å². The molecule has 1 aliphatic heterocycles. The Morgan fingerprint density at radius 3 is 2.59 bits per heavy atom. The average molecular weight is 399 g/mol. The van der Waals surface area contributed by atoms with Crippen molar-refractivity contribution in [2.24, 2.45) is 0 Å². The monoisotopic (exact) mass is 399 g/mol. The van der Waals surface area contributed by atoms with Gasteiger partial charge in [0.15, 0.2) is 0 Å². The summed E-state index contributed by atoms with van der Waals surface area (Å²) < 4.78 is 10.1. The molecule has 0 saturated carbocycles. The molecule has 1 fully saturated rings. The van der Waals surface area contributed by atoms with Gasteiger partial charge in [-0.15, -0.1) is 0 Å². The number of amides is 4. The summed E-state index contributed by atoms with van der Waals surface area (Å²) in [7, 11) is 1.26. The first-order chi connectivity index (χ1) is 13.7. The summed E-state index contributed by atoms with van der Waals surface area (Å²) in [5, 5.41) is 5.21. The van der Waals surface area contributed by atoms with Crippen LogP contribution in [-0.2, 0) is 19.9 Å². The van der Waals surface area contributed by atoms with Gasteiger partial charge in [-0.1, -0.05) is 6.07 Å². The molecule has 2 heterocycles. The minimum Gasteiger partial charge on any atom is -0.466 e. The number of anilines is 1. The van der Waals surface area contributed by atoms with Gasteiger partial charge in [-0.25, -0.2) is 9.59 Å². The zero-order valence-electron chi connectivity index (χ0n) is 16.5. The van der Waals surface area contributed by atoms with E-state index in [1.54, 1.807) is 45.0 Å². The average Bonchev–Trinajstić information content (AvgIpc) is 3.12. The topological polar surface area (TPSA) is 118 Å². The maximum Gasteiger partial charge on any atom is 0.337 e. The minimum atomic E-state index is -1.32. The largest absolute Gasteiger partial charge is 0.466 e. The SMILES string of the molecule is COC(=O)c1cccc(NC(=O)CN2C(=O)NC(C)(c3cc(C)oc3C)C2=O)c1. The van der Waals surface area contributed by atoms with E-state index in [0.29, 0.717) is 22.8 Å². The third-order valence-electron chi connectivity index (χ3n) is 4.72. The number of benzene rings is 1. The molecular formula is C20H21N3O6. The second kappa shape index (κ2) is 7.42. The Hall–Kier alpha value is -3.62. The number of methoxy groups -OCH3 is 1. The lowest BCUT2D eigenvalue weighted by Crippen LogP contribution is -2.42. The van der Waals surface area contributed by atoms with Crippen LogP contribution in [0.1, 0.15) is 34.4 Å². The van der Waals surface area contributed by atoms with E-state index in [4.69, 9.17) is 4.42 Å². The van der Waals surface area contributed by atoms with Crippen LogP contribution in [0.2, 0.25) is 0 Å². The molecule has 1 atom stereocenters. The van der Waals surface area contributed by atoms with Gasteiger partial charge < -0.3 is 19.8 Å². The van der Waals surface area contributed by atoms with Crippen LogP contribution in [0.5, 0.6) is 0 Å². The van der Waals surface area contributed by atoms with Crippen molar-refractivity contribution in [2.45, 2.75) is 26.3 Å². The summed E-state index contributed by atoms with van der Waals surface area (Å²) in [6.07, 6.45) is 0. The molecule has 1 aromatic heterocycles. The summed E-state index contributed by atoms with van der Waals surface area (Å²) in [6.45, 7) is 4.55. The van der Waals surface area contributed by atoms with Crippen molar-refractivity contribution >= 4 is 29.5 Å². The Bertz CT molecular complexity index is 1010. The molecule has 0 radical (unpaired) electrons. The Labute approximate surface area is 167 Å². The van der Waals surface area contributed by atoms with E-state index in [1.807, 2.05) is 0 Å². The number of nitrogens with one attached hydrogen (secondary N) is 2. The normalized spacial score (nSPS) is 18.6. The summed E-state index contributed by atoms with van der Waals surface area (Å²) in [5.74, 6) is -0.548. The zero-order chi connectivity index (χ0) is 21.3. The molecule has 9 heteroatoms.